The van der Waals surface area contributed by atoms with Crippen LogP contribution in [0.4, 0.5) is 5.00 Å². The van der Waals surface area contributed by atoms with Crippen LogP contribution in [0.25, 0.3) is 20.8 Å². The molecule has 0 bridgehead atoms. The van der Waals surface area contributed by atoms with Gasteiger partial charge in [0.2, 0.25) is 5.91 Å². The van der Waals surface area contributed by atoms with Gasteiger partial charge in [-0.05, 0) is 67.6 Å². The number of nitrogens with zero attached hydrogens (tertiary/aromatic N) is 2. The van der Waals surface area contributed by atoms with E-state index < -0.39 is 0 Å². The summed E-state index contributed by atoms with van der Waals surface area (Å²) >= 11 is 11.1. The van der Waals surface area contributed by atoms with Crippen molar-refractivity contribution < 1.29 is 4.79 Å². The van der Waals surface area contributed by atoms with Crippen molar-refractivity contribution in [1.29, 1.82) is 0 Å². The summed E-state index contributed by atoms with van der Waals surface area (Å²) in [6.07, 6.45) is 2.31. The zero-order chi connectivity index (χ0) is 22.8. The van der Waals surface area contributed by atoms with Crippen LogP contribution in [0.15, 0.2) is 53.4 Å². The van der Waals surface area contributed by atoms with E-state index in [1.54, 1.807) is 34.4 Å². The smallest absolute Gasteiger partial charge is 0.225 e. The number of para-hydroxylation sites is 1. The standard InChI is InChI=1S/C25H24ClN3OS3/c1-29-13-12-18-21(15-29)33-25(23(18)24-27-19-5-2-3-6-20(19)32-24)28-22(30)7-4-14-31-17-10-8-16(26)9-11-17/h2-3,5-6,8-11H,4,7,12-15H2,1H3,(H,28,30). The maximum absolute atomic E-state index is 12.8. The summed E-state index contributed by atoms with van der Waals surface area (Å²) in [5.41, 5.74) is 3.50. The highest BCUT2D eigenvalue weighted by Crippen LogP contribution is 2.45. The molecule has 0 atom stereocenters. The lowest BCUT2D eigenvalue weighted by atomic mass is 10.0. The number of aromatic nitrogens is 1. The molecule has 0 unspecified atom stereocenters. The summed E-state index contributed by atoms with van der Waals surface area (Å²) in [6, 6.07) is 16.1. The molecule has 170 valence electrons. The number of thiazole rings is 1. The Morgan fingerprint density at radius 3 is 2.82 bits per heavy atom. The number of carbonyl (C=O) groups is 1. The van der Waals surface area contributed by atoms with Crippen molar-refractivity contribution in [2.45, 2.75) is 30.7 Å². The quantitative estimate of drug-likeness (QED) is 0.210. The number of carbonyl (C=O) groups excluding carboxylic acids is 1. The maximum atomic E-state index is 12.8. The number of fused-ring (bicyclic) bond motifs is 2. The van der Waals surface area contributed by atoms with E-state index in [1.165, 1.54) is 20.0 Å². The second-order valence-corrected chi connectivity index (χ2v) is 11.9. The minimum Gasteiger partial charge on any atom is -0.317 e. The van der Waals surface area contributed by atoms with Gasteiger partial charge < -0.3 is 10.2 Å². The zero-order valence-corrected chi connectivity index (χ0v) is 21.5. The monoisotopic (exact) mass is 513 g/mol. The Bertz CT molecular complexity index is 1250. The Hall–Kier alpha value is -1.90. The molecule has 0 fully saturated rings. The van der Waals surface area contributed by atoms with Gasteiger partial charge >= 0.3 is 0 Å². The topological polar surface area (TPSA) is 45.2 Å². The number of thiophene rings is 1. The van der Waals surface area contributed by atoms with E-state index >= 15 is 0 Å². The first-order valence-electron chi connectivity index (χ1n) is 10.9. The van der Waals surface area contributed by atoms with Gasteiger partial charge in [0.05, 0.1) is 10.2 Å². The van der Waals surface area contributed by atoms with Crippen molar-refractivity contribution in [3.8, 4) is 10.6 Å². The largest absolute Gasteiger partial charge is 0.317 e. The van der Waals surface area contributed by atoms with Crippen molar-refractivity contribution in [2.75, 3.05) is 24.7 Å². The molecular formula is C25H24ClN3OS3. The number of halogens is 1. The highest BCUT2D eigenvalue weighted by molar-refractivity contribution is 7.99. The molecule has 4 aromatic rings. The van der Waals surface area contributed by atoms with Crippen LogP contribution in [0, 0.1) is 0 Å². The number of rotatable bonds is 7. The van der Waals surface area contributed by atoms with Gasteiger partial charge in [-0.25, -0.2) is 4.98 Å². The maximum Gasteiger partial charge on any atom is 0.225 e. The van der Waals surface area contributed by atoms with Crippen molar-refractivity contribution in [2.24, 2.45) is 0 Å². The third kappa shape index (κ3) is 5.28. The number of nitrogens with one attached hydrogen (secondary N) is 1. The van der Waals surface area contributed by atoms with Crippen LogP contribution in [0.3, 0.4) is 0 Å². The number of hydrogen-bond acceptors (Lipinski definition) is 6. The predicted molar refractivity (Wildman–Crippen MR) is 143 cm³/mol. The third-order valence-electron chi connectivity index (χ3n) is 5.64. The minimum atomic E-state index is 0.0704. The fourth-order valence-electron chi connectivity index (χ4n) is 3.97. The third-order valence-corrected chi connectivity index (χ3v) is 9.18. The highest BCUT2D eigenvalue weighted by atomic mass is 35.5. The molecule has 2 aromatic heterocycles. The van der Waals surface area contributed by atoms with Crippen LogP contribution in [0.5, 0.6) is 0 Å². The molecule has 1 aliphatic heterocycles. The van der Waals surface area contributed by atoms with Crippen molar-refractivity contribution in [3.05, 3.63) is 64.0 Å². The first kappa shape index (κ1) is 22.9. The number of thioether (sulfide) groups is 1. The molecule has 8 heteroatoms. The molecule has 4 nitrogen and oxygen atoms in total. The fraction of sp³-hybridized carbons (Fsp3) is 0.280. The molecule has 5 rings (SSSR count). The first-order valence-corrected chi connectivity index (χ1v) is 13.9. The van der Waals surface area contributed by atoms with Crippen LogP contribution in [0.2, 0.25) is 5.02 Å². The van der Waals surface area contributed by atoms with Gasteiger partial charge in [-0.15, -0.1) is 34.4 Å². The second-order valence-electron chi connectivity index (χ2n) is 8.14. The molecule has 1 aliphatic rings. The SMILES string of the molecule is CN1CCc2c(sc(NC(=O)CCCSc3ccc(Cl)cc3)c2-c2nc3ccccc3s2)C1. The average molecular weight is 514 g/mol. The van der Waals surface area contributed by atoms with E-state index in [1.807, 2.05) is 36.4 Å². The van der Waals surface area contributed by atoms with Crippen LogP contribution in [0.1, 0.15) is 23.3 Å². The van der Waals surface area contributed by atoms with E-state index in [9.17, 15) is 4.79 Å². The summed E-state index contributed by atoms with van der Waals surface area (Å²) in [5.74, 6) is 0.965. The number of likely N-dealkylation sites (N-methyl/N-ethyl adjacent to an activating group) is 1. The summed E-state index contributed by atoms with van der Waals surface area (Å²) in [5, 5.41) is 5.93. The molecule has 1 amide bonds. The summed E-state index contributed by atoms with van der Waals surface area (Å²) in [4.78, 5) is 22.6. The van der Waals surface area contributed by atoms with Crippen LogP contribution in [-0.2, 0) is 17.8 Å². The number of anilines is 1. The summed E-state index contributed by atoms with van der Waals surface area (Å²) in [7, 11) is 2.15. The normalized spacial score (nSPS) is 13.9. The first-order chi connectivity index (χ1) is 16.1. The molecule has 1 N–H and O–H groups in total. The molecule has 0 saturated heterocycles. The Morgan fingerprint density at radius 1 is 1.18 bits per heavy atom. The Labute approximate surface area is 211 Å². The van der Waals surface area contributed by atoms with E-state index in [2.05, 4.69) is 29.4 Å². The molecule has 33 heavy (non-hydrogen) atoms. The van der Waals surface area contributed by atoms with Gasteiger partial charge in [-0.3, -0.25) is 4.79 Å². The number of benzene rings is 2. The molecule has 0 saturated carbocycles. The van der Waals surface area contributed by atoms with Gasteiger partial charge in [0.1, 0.15) is 10.0 Å². The number of hydrogen-bond donors (Lipinski definition) is 1. The van der Waals surface area contributed by atoms with Crippen molar-refractivity contribution >= 4 is 67.2 Å². The van der Waals surface area contributed by atoms with Crippen LogP contribution in [-0.4, -0.2) is 35.1 Å². The van der Waals surface area contributed by atoms with E-state index in [-0.39, 0.29) is 5.91 Å². The Balaban J connectivity index is 1.31. The van der Waals surface area contributed by atoms with Gasteiger partial charge in [-0.1, -0.05) is 23.7 Å². The van der Waals surface area contributed by atoms with Gasteiger partial charge in [-0.2, -0.15) is 0 Å². The predicted octanol–water partition coefficient (Wildman–Crippen LogP) is 7.18. The minimum absolute atomic E-state index is 0.0704. The second kappa shape index (κ2) is 10.2. The lowest BCUT2D eigenvalue weighted by Crippen LogP contribution is -2.25. The van der Waals surface area contributed by atoms with Gasteiger partial charge in [0, 0.05) is 39.9 Å². The molecule has 3 heterocycles. The molecule has 0 aliphatic carbocycles. The van der Waals surface area contributed by atoms with Crippen molar-refractivity contribution in [3.63, 3.8) is 0 Å². The van der Waals surface area contributed by atoms with Crippen LogP contribution >= 0.6 is 46.0 Å². The Kier molecular flexibility index (Phi) is 7.04. The molecule has 2 aromatic carbocycles. The van der Waals surface area contributed by atoms with Gasteiger partial charge in [0.25, 0.3) is 0 Å². The summed E-state index contributed by atoms with van der Waals surface area (Å²) < 4.78 is 1.18. The van der Waals surface area contributed by atoms with Gasteiger partial charge in [0.15, 0.2) is 0 Å². The highest BCUT2D eigenvalue weighted by Gasteiger charge is 2.26. The van der Waals surface area contributed by atoms with E-state index in [4.69, 9.17) is 16.6 Å². The summed E-state index contributed by atoms with van der Waals surface area (Å²) in [6.45, 7) is 1.95. The van der Waals surface area contributed by atoms with E-state index in [0.29, 0.717) is 6.42 Å². The molecule has 0 spiro atoms. The number of amides is 1. The zero-order valence-electron chi connectivity index (χ0n) is 18.3. The average Bonchev–Trinajstić information content (AvgIpc) is 3.38. The molecular weight excluding hydrogens is 490 g/mol. The Morgan fingerprint density at radius 2 is 2.00 bits per heavy atom. The van der Waals surface area contributed by atoms with Crippen LogP contribution < -0.4 is 5.32 Å². The van der Waals surface area contributed by atoms with Crippen molar-refractivity contribution in [1.82, 2.24) is 9.88 Å². The fourth-order valence-corrected chi connectivity index (χ4v) is 7.40. The lowest BCUT2D eigenvalue weighted by Gasteiger charge is -2.22. The van der Waals surface area contributed by atoms with E-state index in [0.717, 1.165) is 57.8 Å². The lowest BCUT2D eigenvalue weighted by molar-refractivity contribution is -0.116. The molecule has 0 radical (unpaired) electrons.